The van der Waals surface area contributed by atoms with Gasteiger partial charge in [0.1, 0.15) is 0 Å². The summed E-state index contributed by atoms with van der Waals surface area (Å²) in [6.45, 7) is 0. The summed E-state index contributed by atoms with van der Waals surface area (Å²) in [4.78, 5) is 12.0. The maximum absolute atomic E-state index is 12.9. The second-order valence-electron chi connectivity index (χ2n) is 3.98. The van der Waals surface area contributed by atoms with E-state index in [0.717, 1.165) is 19.6 Å². The van der Waals surface area contributed by atoms with Gasteiger partial charge in [0.25, 0.3) is 0 Å². The Balaban J connectivity index is 2.24. The van der Waals surface area contributed by atoms with Gasteiger partial charge >= 0.3 is 109 Å². The predicted molar refractivity (Wildman–Crippen MR) is 72.6 cm³/mol. The monoisotopic (exact) mass is 304 g/mol. The Kier molecular flexibility index (Phi) is 2.86. The summed E-state index contributed by atoms with van der Waals surface area (Å²) < 4.78 is 15.0. The fraction of sp³-hybridized carbons (Fsp3) is 0. The summed E-state index contributed by atoms with van der Waals surface area (Å²) >= 11 is 0.0995. The van der Waals surface area contributed by atoms with Gasteiger partial charge in [-0.3, -0.25) is 0 Å². The third-order valence-electron chi connectivity index (χ3n) is 2.76. The Morgan fingerprint density at radius 1 is 0.944 bits per heavy atom. The molecule has 1 heterocycles. The average molecular weight is 303 g/mol. The Morgan fingerprint density at radius 2 is 1.67 bits per heavy atom. The Hall–Kier alpha value is -1.70. The van der Waals surface area contributed by atoms with E-state index in [1.165, 1.54) is 12.1 Å². The summed E-state index contributed by atoms with van der Waals surface area (Å²) in [5, 5.41) is 0.795. The zero-order valence-corrected chi connectivity index (χ0v) is 11.1. The van der Waals surface area contributed by atoms with E-state index in [-0.39, 0.29) is 25.7 Å². The van der Waals surface area contributed by atoms with Crippen LogP contribution >= 0.6 is 0 Å². The molecule has 1 nitrogen and oxygen atoms in total. The number of hydrogen-bond acceptors (Lipinski definition) is 1. The second-order valence-corrected chi connectivity index (χ2v) is 6.25. The van der Waals surface area contributed by atoms with Crippen LogP contribution in [0, 0.1) is 5.82 Å². The van der Waals surface area contributed by atoms with Crippen LogP contribution in [0.25, 0.3) is 19.6 Å². The topological polar surface area (TPSA) is 17.1 Å². The molecular weight excluding hydrogens is 294 g/mol. The summed E-state index contributed by atoms with van der Waals surface area (Å²) in [7, 11) is 0. The first-order valence-corrected chi connectivity index (χ1v) is 7.24. The van der Waals surface area contributed by atoms with Gasteiger partial charge in [-0.25, -0.2) is 0 Å². The molecule has 3 heteroatoms. The molecule has 0 aliphatic rings. The zero-order chi connectivity index (χ0) is 12.5. The number of fused-ring (bicyclic) bond motifs is 1. The molecule has 0 unspecified atom stereocenters. The molecule has 0 aliphatic carbocycles. The van der Waals surface area contributed by atoms with Crippen molar-refractivity contribution in [2.45, 2.75) is 0 Å². The zero-order valence-electron chi connectivity index (χ0n) is 9.39. The molecule has 0 spiro atoms. The molecule has 0 N–H and O–H groups in total. The van der Waals surface area contributed by atoms with Crippen molar-refractivity contribution in [2.75, 3.05) is 0 Å². The van der Waals surface area contributed by atoms with Crippen LogP contribution in [0.5, 0.6) is 0 Å². The first kappa shape index (κ1) is 11.4. The van der Waals surface area contributed by atoms with Crippen molar-refractivity contribution in [3.8, 4) is 10.0 Å². The van der Waals surface area contributed by atoms with Crippen LogP contribution in [0.3, 0.4) is 0 Å². The molecule has 0 saturated heterocycles. The van der Waals surface area contributed by atoms with Crippen molar-refractivity contribution in [1.29, 1.82) is 0 Å². The molecule has 3 aromatic rings. The first-order valence-electron chi connectivity index (χ1n) is 5.53. The van der Waals surface area contributed by atoms with Crippen LogP contribution in [-0.4, -0.2) is 14.5 Å². The molecule has 3 rings (SSSR count). The van der Waals surface area contributed by atoms with Gasteiger partial charge in [0, 0.05) is 0 Å². The number of rotatable bonds is 1. The molecule has 0 atom stereocenters. The van der Waals surface area contributed by atoms with Gasteiger partial charge in [0.2, 0.25) is 0 Å². The molecule has 0 fully saturated rings. The summed E-state index contributed by atoms with van der Waals surface area (Å²) in [6, 6.07) is 15.7. The van der Waals surface area contributed by atoms with Crippen LogP contribution in [0.15, 0.2) is 59.4 Å². The van der Waals surface area contributed by atoms with E-state index in [9.17, 15) is 9.18 Å². The number of halogens is 1. The third-order valence-corrected chi connectivity index (χ3v) is 5.17. The van der Waals surface area contributed by atoms with Gasteiger partial charge in [-0.05, 0) is 0 Å². The minimum atomic E-state index is -0.255. The van der Waals surface area contributed by atoms with Crippen molar-refractivity contribution < 1.29 is 4.39 Å². The average Bonchev–Trinajstić information content (AvgIpc) is 2.39. The van der Waals surface area contributed by atoms with Gasteiger partial charge in [-0.1, -0.05) is 0 Å². The summed E-state index contributed by atoms with van der Waals surface area (Å²) in [6.07, 6.45) is 0. The van der Waals surface area contributed by atoms with E-state index in [1.54, 1.807) is 18.2 Å². The molecule has 0 saturated carbocycles. The van der Waals surface area contributed by atoms with Crippen LogP contribution in [0.1, 0.15) is 0 Å². The Morgan fingerprint density at radius 3 is 2.44 bits per heavy atom. The quantitative estimate of drug-likeness (QED) is 0.632. The van der Waals surface area contributed by atoms with Gasteiger partial charge in [0.15, 0.2) is 0 Å². The van der Waals surface area contributed by atoms with E-state index < -0.39 is 0 Å². The molecule has 0 radical (unpaired) electrons. The first-order chi connectivity index (χ1) is 8.74. The van der Waals surface area contributed by atoms with Gasteiger partial charge in [0.05, 0.1) is 0 Å². The maximum atomic E-state index is 12.9. The number of benzene rings is 2. The van der Waals surface area contributed by atoms with Crippen molar-refractivity contribution in [3.63, 3.8) is 0 Å². The van der Waals surface area contributed by atoms with Crippen molar-refractivity contribution in [3.05, 3.63) is 70.6 Å². The minimum absolute atomic E-state index is 0.0399. The van der Waals surface area contributed by atoms with Crippen molar-refractivity contribution in [1.82, 2.24) is 0 Å². The van der Waals surface area contributed by atoms with Crippen molar-refractivity contribution in [2.24, 2.45) is 0 Å². The van der Waals surface area contributed by atoms with Crippen LogP contribution < -0.4 is 5.43 Å². The van der Waals surface area contributed by atoms with E-state index in [4.69, 9.17) is 0 Å². The van der Waals surface area contributed by atoms with E-state index in [0.29, 0.717) is 0 Å². The molecule has 0 aliphatic heterocycles. The Labute approximate surface area is 109 Å². The van der Waals surface area contributed by atoms with E-state index >= 15 is 0 Å². The van der Waals surface area contributed by atoms with Gasteiger partial charge < -0.3 is 0 Å². The number of hydrogen-bond donors (Lipinski definition) is 0. The summed E-state index contributed by atoms with van der Waals surface area (Å²) in [5.41, 5.74) is 0.970. The van der Waals surface area contributed by atoms with E-state index in [2.05, 4.69) is 0 Å². The van der Waals surface area contributed by atoms with Gasteiger partial charge in [-0.15, -0.1) is 0 Å². The molecule has 2 aromatic carbocycles. The normalized spacial score (nSPS) is 10.7. The molecule has 88 valence electrons. The van der Waals surface area contributed by atoms with Crippen molar-refractivity contribution >= 4 is 24.1 Å². The van der Waals surface area contributed by atoms with Gasteiger partial charge in [-0.2, -0.15) is 0 Å². The summed E-state index contributed by atoms with van der Waals surface area (Å²) in [5.74, 6) is -0.255. The standard InChI is InChI=1S/C15H9FOSe/c16-11-7-5-10(6-8-11)15-9-13(17)12-3-1-2-4-14(12)18-15/h1-9H. The van der Waals surface area contributed by atoms with Crippen LogP contribution in [0.4, 0.5) is 4.39 Å². The fourth-order valence-corrected chi connectivity index (χ4v) is 4.13. The third kappa shape index (κ3) is 2.03. The molecule has 1 aromatic heterocycles. The molecule has 18 heavy (non-hydrogen) atoms. The Bertz CT molecular complexity index is 759. The van der Waals surface area contributed by atoms with Crippen LogP contribution in [0.2, 0.25) is 0 Å². The SMILES string of the molecule is O=c1cc(-c2ccc(F)cc2)[se]c2ccccc12. The van der Waals surface area contributed by atoms with Crippen LogP contribution in [-0.2, 0) is 0 Å². The fourth-order valence-electron chi connectivity index (χ4n) is 1.86. The predicted octanol–water partition coefficient (Wildman–Crippen LogP) is 3.06. The second kappa shape index (κ2) is 4.52. The van der Waals surface area contributed by atoms with E-state index in [1.807, 2.05) is 24.3 Å². The molecular formula is C15H9FOSe. The molecule has 0 bridgehead atoms. The molecule has 0 amide bonds.